The Labute approximate surface area is 90.3 Å². The number of rotatable bonds is 5. The molecule has 4 nitrogen and oxygen atoms in total. The second-order valence-corrected chi connectivity index (χ2v) is 4.92. The van der Waals surface area contributed by atoms with Crippen LogP contribution in [-0.4, -0.2) is 22.2 Å². The molecule has 0 aliphatic heterocycles. The van der Waals surface area contributed by atoms with E-state index >= 15 is 0 Å². The van der Waals surface area contributed by atoms with Gasteiger partial charge in [0.2, 0.25) is 0 Å². The minimum atomic E-state index is -1.06. The molecule has 88 valence electrons. The topological polar surface area (TPSA) is 74.6 Å². The van der Waals surface area contributed by atoms with Gasteiger partial charge in [-0.1, -0.05) is 34.6 Å². The number of hydrogen-bond acceptors (Lipinski definition) is 2. The number of hydrogen-bond donors (Lipinski definition) is 2. The van der Waals surface area contributed by atoms with Crippen molar-refractivity contribution in [3.63, 3.8) is 0 Å². The van der Waals surface area contributed by atoms with Crippen LogP contribution in [0, 0.1) is 23.2 Å². The van der Waals surface area contributed by atoms with Gasteiger partial charge in [0.15, 0.2) is 0 Å². The van der Waals surface area contributed by atoms with Gasteiger partial charge in [0.05, 0.1) is 11.8 Å². The van der Waals surface area contributed by atoms with E-state index in [-0.39, 0.29) is 5.92 Å². The van der Waals surface area contributed by atoms with Crippen LogP contribution in [0.5, 0.6) is 0 Å². The normalized spacial score (nSPS) is 16.1. The van der Waals surface area contributed by atoms with Crippen molar-refractivity contribution in [2.24, 2.45) is 23.2 Å². The molecular weight excluding hydrogens is 196 g/mol. The zero-order valence-electron chi connectivity index (χ0n) is 9.94. The quantitative estimate of drug-likeness (QED) is 0.738. The summed E-state index contributed by atoms with van der Waals surface area (Å²) in [6.45, 7) is 8.87. The lowest BCUT2D eigenvalue weighted by Gasteiger charge is -2.37. The van der Waals surface area contributed by atoms with Crippen molar-refractivity contribution < 1.29 is 19.8 Å². The maximum absolute atomic E-state index is 11.1. The molecule has 0 rings (SSSR count). The summed E-state index contributed by atoms with van der Waals surface area (Å²) in [5, 5.41) is 18.0. The van der Waals surface area contributed by atoms with Crippen LogP contribution in [0.25, 0.3) is 0 Å². The SMILES string of the molecule is CC(C(=O)O)C(C(=O)O)C(C)(C)C(C)C. The third kappa shape index (κ3) is 2.94. The maximum atomic E-state index is 11.1. The third-order valence-corrected chi connectivity index (χ3v) is 3.45. The molecule has 0 aromatic heterocycles. The fourth-order valence-electron chi connectivity index (χ4n) is 1.68. The molecule has 0 saturated carbocycles. The number of carbonyl (C=O) groups is 2. The molecule has 2 atom stereocenters. The summed E-state index contributed by atoms with van der Waals surface area (Å²) < 4.78 is 0. The van der Waals surface area contributed by atoms with Gasteiger partial charge in [-0.05, 0) is 11.3 Å². The van der Waals surface area contributed by atoms with Gasteiger partial charge < -0.3 is 10.2 Å². The van der Waals surface area contributed by atoms with Crippen LogP contribution >= 0.6 is 0 Å². The smallest absolute Gasteiger partial charge is 0.307 e. The molecule has 0 radical (unpaired) electrons. The first kappa shape index (κ1) is 13.9. The lowest BCUT2D eigenvalue weighted by Crippen LogP contribution is -2.42. The highest BCUT2D eigenvalue weighted by molar-refractivity contribution is 5.80. The largest absolute Gasteiger partial charge is 0.481 e. The minimum Gasteiger partial charge on any atom is -0.481 e. The average molecular weight is 216 g/mol. The lowest BCUT2D eigenvalue weighted by atomic mass is 9.66. The zero-order chi connectivity index (χ0) is 12.4. The molecule has 4 heteroatoms. The van der Waals surface area contributed by atoms with Crippen LogP contribution in [0.3, 0.4) is 0 Å². The van der Waals surface area contributed by atoms with E-state index in [4.69, 9.17) is 10.2 Å². The Morgan fingerprint density at radius 3 is 1.60 bits per heavy atom. The van der Waals surface area contributed by atoms with Crippen LogP contribution < -0.4 is 0 Å². The van der Waals surface area contributed by atoms with Gasteiger partial charge in [-0.25, -0.2) is 0 Å². The predicted octanol–water partition coefficient (Wildman–Crippen LogP) is 2.09. The Balaban J connectivity index is 5.15. The Kier molecular flexibility index (Phi) is 4.31. The van der Waals surface area contributed by atoms with Gasteiger partial charge in [-0.3, -0.25) is 9.59 Å². The van der Waals surface area contributed by atoms with E-state index in [0.717, 1.165) is 0 Å². The molecule has 0 aliphatic rings. The summed E-state index contributed by atoms with van der Waals surface area (Å²) in [6.07, 6.45) is 0. The van der Waals surface area contributed by atoms with Crippen molar-refractivity contribution in [2.75, 3.05) is 0 Å². The summed E-state index contributed by atoms with van der Waals surface area (Å²) in [6, 6.07) is 0. The van der Waals surface area contributed by atoms with Crippen molar-refractivity contribution in [3.8, 4) is 0 Å². The van der Waals surface area contributed by atoms with E-state index < -0.39 is 29.2 Å². The maximum Gasteiger partial charge on any atom is 0.307 e. The number of carboxylic acid groups (broad SMARTS) is 2. The first-order chi connectivity index (χ1) is 6.62. The molecule has 0 aromatic rings. The van der Waals surface area contributed by atoms with E-state index in [0.29, 0.717) is 0 Å². The van der Waals surface area contributed by atoms with E-state index in [9.17, 15) is 9.59 Å². The molecule has 0 aromatic carbocycles. The van der Waals surface area contributed by atoms with E-state index in [2.05, 4.69) is 0 Å². The van der Waals surface area contributed by atoms with Crippen molar-refractivity contribution >= 4 is 11.9 Å². The fraction of sp³-hybridized carbons (Fsp3) is 0.818. The average Bonchev–Trinajstić information content (AvgIpc) is 2.02. The highest BCUT2D eigenvalue weighted by Crippen LogP contribution is 2.39. The van der Waals surface area contributed by atoms with Gasteiger partial charge in [0.1, 0.15) is 0 Å². The fourth-order valence-corrected chi connectivity index (χ4v) is 1.68. The Bertz CT molecular complexity index is 255. The van der Waals surface area contributed by atoms with Crippen LogP contribution in [0.1, 0.15) is 34.6 Å². The molecule has 0 heterocycles. The van der Waals surface area contributed by atoms with E-state index in [1.165, 1.54) is 6.92 Å². The molecule has 0 bridgehead atoms. The highest BCUT2D eigenvalue weighted by atomic mass is 16.4. The van der Waals surface area contributed by atoms with Crippen LogP contribution in [-0.2, 0) is 9.59 Å². The second-order valence-electron chi connectivity index (χ2n) is 4.92. The number of carboxylic acids is 2. The van der Waals surface area contributed by atoms with Gasteiger partial charge in [0, 0.05) is 0 Å². The summed E-state index contributed by atoms with van der Waals surface area (Å²) in [7, 11) is 0. The first-order valence-corrected chi connectivity index (χ1v) is 5.08. The Morgan fingerprint density at radius 1 is 1.00 bits per heavy atom. The van der Waals surface area contributed by atoms with Gasteiger partial charge in [-0.15, -0.1) is 0 Å². The summed E-state index contributed by atoms with van der Waals surface area (Å²) in [4.78, 5) is 22.0. The standard InChI is InChI=1S/C11H20O4/c1-6(2)11(4,5)8(10(14)15)7(3)9(12)13/h6-8H,1-5H3,(H,12,13)(H,14,15). The molecule has 0 amide bonds. The van der Waals surface area contributed by atoms with Crippen molar-refractivity contribution in [3.05, 3.63) is 0 Å². The summed E-state index contributed by atoms with van der Waals surface area (Å²) in [5.41, 5.74) is -0.538. The molecule has 0 spiro atoms. The van der Waals surface area contributed by atoms with Crippen molar-refractivity contribution in [2.45, 2.75) is 34.6 Å². The molecule has 0 saturated heterocycles. The molecule has 15 heavy (non-hydrogen) atoms. The third-order valence-electron chi connectivity index (χ3n) is 3.45. The van der Waals surface area contributed by atoms with Crippen molar-refractivity contribution in [1.29, 1.82) is 0 Å². The van der Waals surface area contributed by atoms with Crippen LogP contribution in [0.15, 0.2) is 0 Å². The van der Waals surface area contributed by atoms with Gasteiger partial charge >= 0.3 is 11.9 Å². The molecular formula is C11H20O4. The Morgan fingerprint density at radius 2 is 1.40 bits per heavy atom. The highest BCUT2D eigenvalue weighted by Gasteiger charge is 2.43. The second kappa shape index (κ2) is 4.64. The van der Waals surface area contributed by atoms with E-state index in [1.807, 2.05) is 13.8 Å². The molecule has 0 fully saturated rings. The van der Waals surface area contributed by atoms with Crippen LogP contribution in [0.2, 0.25) is 0 Å². The van der Waals surface area contributed by atoms with E-state index in [1.54, 1.807) is 13.8 Å². The predicted molar refractivity (Wildman–Crippen MR) is 56.5 cm³/mol. The summed E-state index contributed by atoms with van der Waals surface area (Å²) >= 11 is 0. The molecule has 2 N–H and O–H groups in total. The monoisotopic (exact) mass is 216 g/mol. The zero-order valence-corrected chi connectivity index (χ0v) is 9.94. The van der Waals surface area contributed by atoms with Crippen molar-refractivity contribution in [1.82, 2.24) is 0 Å². The lowest BCUT2D eigenvalue weighted by molar-refractivity contribution is -0.159. The minimum absolute atomic E-state index is 0.111. The first-order valence-electron chi connectivity index (χ1n) is 5.08. The molecule has 0 aliphatic carbocycles. The van der Waals surface area contributed by atoms with Crippen LogP contribution in [0.4, 0.5) is 0 Å². The Hall–Kier alpha value is -1.06. The summed E-state index contributed by atoms with van der Waals surface area (Å²) in [5.74, 6) is -3.73. The number of aliphatic carboxylic acids is 2. The van der Waals surface area contributed by atoms with Gasteiger partial charge in [0.25, 0.3) is 0 Å². The van der Waals surface area contributed by atoms with Gasteiger partial charge in [-0.2, -0.15) is 0 Å². The molecule has 2 unspecified atom stereocenters.